The van der Waals surface area contributed by atoms with Gasteiger partial charge in [-0.15, -0.1) is 0 Å². The first-order valence-electron chi connectivity index (χ1n) is 22.4. The summed E-state index contributed by atoms with van der Waals surface area (Å²) in [4.78, 5) is 15.1. The van der Waals surface area contributed by atoms with E-state index >= 15 is 0 Å². The summed E-state index contributed by atoms with van der Waals surface area (Å²) in [7, 11) is 0. The summed E-state index contributed by atoms with van der Waals surface area (Å²) in [5.74, 6) is 6.85. The maximum absolute atomic E-state index is 5.07. The van der Waals surface area contributed by atoms with Gasteiger partial charge in [0.15, 0.2) is 17.5 Å². The molecule has 8 bridgehead atoms. The third kappa shape index (κ3) is 4.43. The largest absolute Gasteiger partial charge is 0.208 e. The zero-order valence-corrected chi connectivity index (χ0v) is 33.6. The Labute approximate surface area is 351 Å². The van der Waals surface area contributed by atoms with E-state index < -0.39 is 0 Å². The van der Waals surface area contributed by atoms with Crippen molar-refractivity contribution in [2.75, 3.05) is 0 Å². The number of benzene rings is 7. The van der Waals surface area contributed by atoms with Crippen molar-refractivity contribution in [1.29, 1.82) is 0 Å². The van der Waals surface area contributed by atoms with E-state index in [1.165, 1.54) is 82.7 Å². The molecular weight excluding hydrogens is 727 g/mol. The lowest BCUT2D eigenvalue weighted by Crippen LogP contribution is -2.75. The van der Waals surface area contributed by atoms with Crippen molar-refractivity contribution in [1.82, 2.24) is 15.0 Å². The summed E-state index contributed by atoms with van der Waals surface area (Å²) in [5, 5.41) is 2.79. The molecule has 0 N–H and O–H groups in total. The third-order valence-corrected chi connectivity index (χ3v) is 16.9. The quantitative estimate of drug-likeness (QED) is 0.169. The van der Waals surface area contributed by atoms with E-state index in [0.717, 1.165) is 58.0 Å². The van der Waals surface area contributed by atoms with Gasteiger partial charge in [-0.25, -0.2) is 15.0 Å². The van der Waals surface area contributed by atoms with Crippen molar-refractivity contribution < 1.29 is 0 Å². The second-order valence-electron chi connectivity index (χ2n) is 19.2. The highest BCUT2D eigenvalue weighted by atomic mass is 15.0. The SMILES string of the molecule is c1ccc(-c2nc(-c3ccccc3)nc(-c3ccc(C45CC6CC7C4CC4CC5C(C6)C7(c5ccc(-c6ccc7c8c(cccc68)-c6ccccc6-7)cc5)C4)cc3)n2)cc1. The molecule has 0 spiro atoms. The Morgan fingerprint density at radius 3 is 1.23 bits per heavy atom. The topological polar surface area (TPSA) is 38.7 Å². The van der Waals surface area contributed by atoms with Crippen LogP contribution in [0, 0.1) is 35.5 Å². The van der Waals surface area contributed by atoms with Gasteiger partial charge < -0.3 is 0 Å². The van der Waals surface area contributed by atoms with Crippen LogP contribution in [-0.4, -0.2) is 15.0 Å². The normalized spacial score (nSPS) is 28.4. The molecule has 3 heteroatoms. The van der Waals surface area contributed by atoms with Gasteiger partial charge in [-0.3, -0.25) is 0 Å². The Hall–Kier alpha value is -6.19. The van der Waals surface area contributed by atoms with Crippen LogP contribution in [0.5, 0.6) is 0 Å². The molecular formula is C57H45N3. The number of aromatic nitrogens is 3. The van der Waals surface area contributed by atoms with Crippen LogP contribution < -0.4 is 0 Å². The van der Waals surface area contributed by atoms with Crippen molar-refractivity contribution in [2.45, 2.75) is 49.4 Å². The molecule has 8 aliphatic carbocycles. The molecule has 8 aromatic rings. The van der Waals surface area contributed by atoms with E-state index in [1.54, 1.807) is 11.1 Å². The van der Waals surface area contributed by atoms with Gasteiger partial charge in [0, 0.05) is 27.5 Å². The fraction of sp³-hybridized carbons (Fsp3) is 0.246. The van der Waals surface area contributed by atoms with Crippen molar-refractivity contribution in [2.24, 2.45) is 35.5 Å². The van der Waals surface area contributed by atoms with Crippen LogP contribution in [0.25, 0.3) is 78.3 Å². The Bertz CT molecular complexity index is 2910. The van der Waals surface area contributed by atoms with Crippen molar-refractivity contribution in [3.05, 3.63) is 175 Å². The Balaban J connectivity index is 0.818. The summed E-state index contributed by atoms with van der Waals surface area (Å²) < 4.78 is 0. The van der Waals surface area contributed by atoms with Gasteiger partial charge in [0.1, 0.15) is 0 Å². The predicted molar refractivity (Wildman–Crippen MR) is 242 cm³/mol. The summed E-state index contributed by atoms with van der Waals surface area (Å²) >= 11 is 0. The molecule has 1 aromatic heterocycles. The lowest BCUT2D eigenvalue weighted by Gasteiger charge is -2.79. The van der Waals surface area contributed by atoms with Gasteiger partial charge in [-0.1, -0.05) is 164 Å². The molecule has 60 heavy (non-hydrogen) atoms. The molecule has 1 heterocycles. The number of hydrogen-bond donors (Lipinski definition) is 0. The molecule has 4 unspecified atom stereocenters. The monoisotopic (exact) mass is 771 g/mol. The van der Waals surface area contributed by atoms with Crippen molar-refractivity contribution >= 4 is 10.8 Å². The Morgan fingerprint density at radius 1 is 0.333 bits per heavy atom. The zero-order valence-electron chi connectivity index (χ0n) is 33.6. The molecule has 0 saturated heterocycles. The average molecular weight is 772 g/mol. The molecule has 8 aliphatic rings. The number of fused-ring (bicyclic) bond motifs is 3. The fourth-order valence-corrected chi connectivity index (χ4v) is 15.0. The van der Waals surface area contributed by atoms with E-state index in [4.69, 9.17) is 15.0 Å². The van der Waals surface area contributed by atoms with Crippen molar-refractivity contribution in [3.8, 4) is 67.5 Å². The van der Waals surface area contributed by atoms with Crippen molar-refractivity contribution in [3.63, 3.8) is 0 Å². The van der Waals surface area contributed by atoms with Gasteiger partial charge >= 0.3 is 0 Å². The molecule has 16 rings (SSSR count). The summed E-state index contributed by atoms with van der Waals surface area (Å²) in [6.07, 6.45) is 8.38. The van der Waals surface area contributed by atoms with Crippen LogP contribution in [0.3, 0.4) is 0 Å². The lowest BCUT2D eigenvalue weighted by molar-refractivity contribution is -0.237. The number of nitrogens with zero attached hydrogens (tertiary/aromatic N) is 3. The minimum absolute atomic E-state index is 0.279. The Morgan fingerprint density at radius 2 is 0.733 bits per heavy atom. The van der Waals surface area contributed by atoms with Crippen LogP contribution in [-0.2, 0) is 10.8 Å². The number of rotatable bonds is 6. The van der Waals surface area contributed by atoms with E-state index in [-0.39, 0.29) is 5.41 Å². The van der Waals surface area contributed by atoms with E-state index in [0.29, 0.717) is 17.1 Å². The summed E-state index contributed by atoms with van der Waals surface area (Å²) in [6, 6.07) is 61.0. The molecule has 288 valence electrons. The first-order valence-corrected chi connectivity index (χ1v) is 22.4. The van der Waals surface area contributed by atoms with Gasteiger partial charge in [0.2, 0.25) is 0 Å². The average Bonchev–Trinajstić information content (AvgIpc) is 3.65. The van der Waals surface area contributed by atoms with Crippen LogP contribution in [0.15, 0.2) is 164 Å². The van der Waals surface area contributed by atoms with Crippen LogP contribution in [0.4, 0.5) is 0 Å². The smallest absolute Gasteiger partial charge is 0.164 e. The van der Waals surface area contributed by atoms with E-state index in [2.05, 4.69) is 152 Å². The molecule has 4 atom stereocenters. The van der Waals surface area contributed by atoms with E-state index in [9.17, 15) is 0 Å². The molecule has 7 fully saturated rings. The van der Waals surface area contributed by atoms with Crippen LogP contribution in [0.1, 0.15) is 49.7 Å². The third-order valence-electron chi connectivity index (χ3n) is 16.9. The summed E-state index contributed by atoms with van der Waals surface area (Å²) in [5.41, 5.74) is 15.1. The molecule has 0 radical (unpaired) electrons. The standard InChI is InChI=1S/C57H45N3/c1-3-10-37(11-4-1)53-58-54(38-12-5-2-6-13-38)60-55(59-53)39-20-24-41(25-21-39)57-33-35-28-48-50(57)30-34-31-51(57)49(29-35)56(48,32-34)40-22-18-36(19-23-40)42-26-27-47-44-15-8-7-14-43(44)46-17-9-16-45(42)52(46)47/h1-27,34-35,48-51H,28-33H2. The molecule has 0 amide bonds. The van der Waals surface area contributed by atoms with Crippen LogP contribution in [0.2, 0.25) is 0 Å². The molecule has 7 aromatic carbocycles. The van der Waals surface area contributed by atoms with Gasteiger partial charge in [-0.2, -0.15) is 0 Å². The maximum atomic E-state index is 5.07. The number of hydrogen-bond acceptors (Lipinski definition) is 3. The Kier molecular flexibility index (Phi) is 6.83. The molecule has 7 saturated carbocycles. The second-order valence-corrected chi connectivity index (χ2v) is 19.2. The van der Waals surface area contributed by atoms with E-state index in [1.807, 2.05) is 12.1 Å². The minimum Gasteiger partial charge on any atom is -0.208 e. The predicted octanol–water partition coefficient (Wildman–Crippen LogP) is 13.6. The van der Waals surface area contributed by atoms with Crippen LogP contribution >= 0.6 is 0 Å². The highest BCUT2D eigenvalue weighted by Gasteiger charge is 2.75. The summed E-state index contributed by atoms with van der Waals surface area (Å²) in [6.45, 7) is 0. The molecule has 0 aliphatic heterocycles. The zero-order chi connectivity index (χ0) is 39.2. The highest BCUT2D eigenvalue weighted by Crippen LogP contribution is 2.80. The lowest BCUT2D eigenvalue weighted by atomic mass is 9.25. The first kappa shape index (κ1) is 33.6. The van der Waals surface area contributed by atoms with Gasteiger partial charge in [0.05, 0.1) is 0 Å². The van der Waals surface area contributed by atoms with Gasteiger partial charge in [0.25, 0.3) is 0 Å². The van der Waals surface area contributed by atoms with Gasteiger partial charge in [-0.05, 0) is 129 Å². The highest BCUT2D eigenvalue weighted by molar-refractivity contribution is 6.18. The minimum atomic E-state index is 0.279. The maximum Gasteiger partial charge on any atom is 0.164 e. The second kappa shape index (κ2) is 12.2. The first-order chi connectivity index (χ1) is 29.7. The fourth-order valence-electron chi connectivity index (χ4n) is 15.0. The molecule has 3 nitrogen and oxygen atoms in total.